The largest absolute Gasteiger partial charge is 0.271 e. The van der Waals surface area contributed by atoms with Gasteiger partial charge in [0, 0.05) is 17.4 Å². The second kappa shape index (κ2) is 5.27. The molecule has 2 rings (SSSR count). The zero-order valence-corrected chi connectivity index (χ0v) is 10.3. The first-order valence-corrected chi connectivity index (χ1v) is 5.73. The highest BCUT2D eigenvalue weighted by atomic mass is 35.5. The summed E-state index contributed by atoms with van der Waals surface area (Å²) in [6, 6.07) is 9.50. The van der Waals surface area contributed by atoms with E-state index in [-0.39, 0.29) is 6.04 Å². The molecule has 0 aliphatic carbocycles. The Morgan fingerprint density at radius 2 is 2.00 bits per heavy atom. The van der Waals surface area contributed by atoms with Crippen LogP contribution in [0.5, 0.6) is 0 Å². The Hall–Kier alpha value is -1.42. The third-order valence-corrected chi connectivity index (χ3v) is 3.10. The minimum atomic E-state index is -0.119. The van der Waals surface area contributed by atoms with Gasteiger partial charge in [-0.15, -0.1) is 0 Å². The lowest BCUT2D eigenvalue weighted by Crippen LogP contribution is -2.29. The summed E-state index contributed by atoms with van der Waals surface area (Å²) in [5.41, 5.74) is 5.93. The van der Waals surface area contributed by atoms with Crippen molar-refractivity contribution in [1.82, 2.24) is 10.4 Å². The van der Waals surface area contributed by atoms with E-state index in [1.165, 1.54) is 0 Å². The fourth-order valence-corrected chi connectivity index (χ4v) is 2.11. The number of pyridine rings is 1. The van der Waals surface area contributed by atoms with Crippen molar-refractivity contribution in [3.8, 4) is 0 Å². The third-order valence-electron chi connectivity index (χ3n) is 2.76. The summed E-state index contributed by atoms with van der Waals surface area (Å²) < 4.78 is 0. The van der Waals surface area contributed by atoms with Crippen molar-refractivity contribution in [3.63, 3.8) is 0 Å². The topological polar surface area (TPSA) is 50.9 Å². The summed E-state index contributed by atoms with van der Waals surface area (Å²) in [5.74, 6) is 5.65. The zero-order valence-electron chi connectivity index (χ0n) is 9.52. The van der Waals surface area contributed by atoms with Crippen LogP contribution in [0.25, 0.3) is 0 Å². The first-order valence-electron chi connectivity index (χ1n) is 5.35. The summed E-state index contributed by atoms with van der Waals surface area (Å²) in [5, 5.41) is 0.701. The van der Waals surface area contributed by atoms with E-state index in [9.17, 15) is 0 Å². The highest BCUT2D eigenvalue weighted by Crippen LogP contribution is 2.28. The van der Waals surface area contributed by atoms with Crippen LogP contribution >= 0.6 is 11.6 Å². The molecule has 17 heavy (non-hydrogen) atoms. The van der Waals surface area contributed by atoms with E-state index in [1.54, 1.807) is 6.20 Å². The molecule has 0 spiro atoms. The van der Waals surface area contributed by atoms with E-state index < -0.39 is 0 Å². The SMILES string of the molecule is Cc1cnccc1C(NN)c1ccccc1Cl. The number of nitrogens with two attached hydrogens (primary N) is 1. The van der Waals surface area contributed by atoms with Crippen molar-refractivity contribution < 1.29 is 0 Å². The van der Waals surface area contributed by atoms with Gasteiger partial charge in [-0.1, -0.05) is 29.8 Å². The van der Waals surface area contributed by atoms with Crippen LogP contribution in [0.4, 0.5) is 0 Å². The Kier molecular flexibility index (Phi) is 3.74. The molecule has 3 N–H and O–H groups in total. The molecule has 0 aliphatic rings. The molecule has 0 radical (unpaired) electrons. The van der Waals surface area contributed by atoms with Crippen LogP contribution in [-0.2, 0) is 0 Å². The van der Waals surface area contributed by atoms with Crippen molar-refractivity contribution in [2.45, 2.75) is 13.0 Å². The van der Waals surface area contributed by atoms with Gasteiger partial charge in [-0.3, -0.25) is 10.8 Å². The molecule has 0 saturated carbocycles. The number of aryl methyl sites for hydroxylation is 1. The van der Waals surface area contributed by atoms with Crippen LogP contribution in [-0.4, -0.2) is 4.98 Å². The highest BCUT2D eigenvalue weighted by molar-refractivity contribution is 6.31. The van der Waals surface area contributed by atoms with E-state index in [4.69, 9.17) is 17.4 Å². The first kappa shape index (κ1) is 12.0. The maximum absolute atomic E-state index is 6.19. The second-order valence-electron chi connectivity index (χ2n) is 3.85. The van der Waals surface area contributed by atoms with Crippen LogP contribution in [0.3, 0.4) is 0 Å². The number of nitrogens with zero attached hydrogens (tertiary/aromatic N) is 1. The van der Waals surface area contributed by atoms with Gasteiger partial charge in [-0.2, -0.15) is 0 Å². The van der Waals surface area contributed by atoms with Crippen molar-refractivity contribution in [3.05, 3.63) is 64.4 Å². The Morgan fingerprint density at radius 3 is 2.65 bits per heavy atom. The molecule has 0 amide bonds. The number of benzene rings is 1. The normalized spacial score (nSPS) is 12.4. The monoisotopic (exact) mass is 247 g/mol. The molecule has 0 saturated heterocycles. The molecule has 0 aliphatic heterocycles. The van der Waals surface area contributed by atoms with Crippen molar-refractivity contribution in [2.75, 3.05) is 0 Å². The smallest absolute Gasteiger partial charge is 0.0728 e. The van der Waals surface area contributed by atoms with Crippen LogP contribution in [0.2, 0.25) is 5.02 Å². The molecule has 4 heteroatoms. The van der Waals surface area contributed by atoms with Gasteiger partial charge in [0.25, 0.3) is 0 Å². The molecule has 1 aromatic carbocycles. The zero-order chi connectivity index (χ0) is 12.3. The molecule has 0 bridgehead atoms. The van der Waals surface area contributed by atoms with E-state index in [1.807, 2.05) is 43.5 Å². The fraction of sp³-hybridized carbons (Fsp3) is 0.154. The predicted molar refractivity (Wildman–Crippen MR) is 69.6 cm³/mol. The number of halogens is 1. The average Bonchev–Trinajstić information content (AvgIpc) is 2.34. The van der Waals surface area contributed by atoms with Gasteiger partial charge in [0.15, 0.2) is 0 Å². The third kappa shape index (κ3) is 2.47. The minimum absolute atomic E-state index is 0.119. The van der Waals surface area contributed by atoms with Gasteiger partial charge in [-0.05, 0) is 35.7 Å². The second-order valence-corrected chi connectivity index (χ2v) is 4.26. The molecule has 1 heterocycles. The molecule has 1 unspecified atom stereocenters. The molecule has 0 fully saturated rings. The van der Waals surface area contributed by atoms with E-state index >= 15 is 0 Å². The van der Waals surface area contributed by atoms with Gasteiger partial charge in [0.2, 0.25) is 0 Å². The first-order chi connectivity index (χ1) is 8.24. The summed E-state index contributed by atoms with van der Waals surface area (Å²) >= 11 is 6.19. The summed E-state index contributed by atoms with van der Waals surface area (Å²) in [7, 11) is 0. The maximum Gasteiger partial charge on any atom is 0.0728 e. The lowest BCUT2D eigenvalue weighted by molar-refractivity contribution is 0.633. The van der Waals surface area contributed by atoms with E-state index in [0.717, 1.165) is 16.7 Å². The summed E-state index contributed by atoms with van der Waals surface area (Å²) in [4.78, 5) is 4.08. The van der Waals surface area contributed by atoms with Crippen LogP contribution < -0.4 is 11.3 Å². The molecular formula is C13H14ClN3. The summed E-state index contributed by atoms with van der Waals surface area (Å²) in [6.45, 7) is 2.00. The number of hydrogen-bond donors (Lipinski definition) is 2. The molecular weight excluding hydrogens is 234 g/mol. The Balaban J connectivity index is 2.48. The molecule has 2 aromatic rings. The minimum Gasteiger partial charge on any atom is -0.271 e. The van der Waals surface area contributed by atoms with Crippen LogP contribution in [0.1, 0.15) is 22.7 Å². The van der Waals surface area contributed by atoms with Gasteiger partial charge in [0.05, 0.1) is 6.04 Å². The maximum atomic E-state index is 6.19. The number of rotatable bonds is 3. The van der Waals surface area contributed by atoms with Crippen LogP contribution in [0, 0.1) is 6.92 Å². The molecule has 88 valence electrons. The molecule has 3 nitrogen and oxygen atoms in total. The lowest BCUT2D eigenvalue weighted by atomic mass is 9.97. The van der Waals surface area contributed by atoms with Gasteiger partial charge >= 0.3 is 0 Å². The molecule has 1 atom stereocenters. The van der Waals surface area contributed by atoms with Crippen molar-refractivity contribution in [2.24, 2.45) is 5.84 Å². The lowest BCUT2D eigenvalue weighted by Gasteiger charge is -2.19. The Morgan fingerprint density at radius 1 is 1.24 bits per heavy atom. The standard InChI is InChI=1S/C13H14ClN3/c1-9-8-16-7-6-10(9)13(17-15)11-4-2-3-5-12(11)14/h2-8,13,17H,15H2,1H3. The van der Waals surface area contributed by atoms with Crippen LogP contribution in [0.15, 0.2) is 42.7 Å². The van der Waals surface area contributed by atoms with E-state index in [0.29, 0.717) is 5.02 Å². The van der Waals surface area contributed by atoms with E-state index in [2.05, 4.69) is 10.4 Å². The Bertz CT molecular complexity index is 468. The predicted octanol–water partition coefficient (Wildman–Crippen LogP) is 2.60. The number of hydrazine groups is 1. The number of nitrogens with one attached hydrogen (secondary N) is 1. The Labute approximate surface area is 106 Å². The summed E-state index contributed by atoms with van der Waals surface area (Å²) in [6.07, 6.45) is 3.57. The average molecular weight is 248 g/mol. The van der Waals surface area contributed by atoms with Gasteiger partial charge in [-0.25, -0.2) is 5.43 Å². The van der Waals surface area contributed by atoms with Gasteiger partial charge in [0.1, 0.15) is 0 Å². The van der Waals surface area contributed by atoms with Crippen molar-refractivity contribution in [1.29, 1.82) is 0 Å². The quantitative estimate of drug-likeness (QED) is 0.648. The number of aromatic nitrogens is 1. The van der Waals surface area contributed by atoms with Crippen molar-refractivity contribution >= 4 is 11.6 Å². The number of hydrogen-bond acceptors (Lipinski definition) is 3. The van der Waals surface area contributed by atoms with Gasteiger partial charge < -0.3 is 0 Å². The molecule has 1 aromatic heterocycles. The fourth-order valence-electron chi connectivity index (χ4n) is 1.86. The highest BCUT2D eigenvalue weighted by Gasteiger charge is 2.16.